The number of rotatable bonds is 4. The van der Waals surface area contributed by atoms with Crippen LogP contribution in [-0.2, 0) is 14.3 Å². The second kappa shape index (κ2) is 7.81. The summed E-state index contributed by atoms with van der Waals surface area (Å²) >= 11 is 0. The van der Waals surface area contributed by atoms with Gasteiger partial charge in [-0.3, -0.25) is 9.59 Å². The summed E-state index contributed by atoms with van der Waals surface area (Å²) in [5.74, 6) is -0.408. The summed E-state index contributed by atoms with van der Waals surface area (Å²) in [5.41, 5.74) is 1.89. The SMILES string of the molecule is C[C@@H]1CCCC[C@H]1NC(=O)COC(=O)c1ccc2c(c1)NC(=O)[C@H]1CCCN21. The third kappa shape index (κ3) is 3.70. The highest BCUT2D eigenvalue weighted by atomic mass is 16.5. The number of carbonyl (C=O) groups excluding carboxylic acids is 3. The maximum atomic E-state index is 12.4. The van der Waals surface area contributed by atoms with Crippen molar-refractivity contribution < 1.29 is 19.1 Å². The van der Waals surface area contributed by atoms with Gasteiger partial charge in [0.2, 0.25) is 5.91 Å². The third-order valence-electron chi connectivity index (χ3n) is 6.15. The molecule has 3 aliphatic rings. The molecule has 2 heterocycles. The molecule has 2 fully saturated rings. The normalized spacial score (nSPS) is 26.1. The maximum Gasteiger partial charge on any atom is 0.338 e. The molecule has 2 amide bonds. The Bertz CT molecular complexity index is 794. The number of hydrogen-bond acceptors (Lipinski definition) is 5. The van der Waals surface area contributed by atoms with Gasteiger partial charge >= 0.3 is 5.97 Å². The maximum absolute atomic E-state index is 12.4. The van der Waals surface area contributed by atoms with Crippen molar-refractivity contribution in [3.8, 4) is 0 Å². The van der Waals surface area contributed by atoms with Crippen LogP contribution >= 0.6 is 0 Å². The van der Waals surface area contributed by atoms with E-state index in [9.17, 15) is 14.4 Å². The number of fused-ring (bicyclic) bond motifs is 3. The molecule has 0 spiro atoms. The van der Waals surface area contributed by atoms with Crippen molar-refractivity contribution in [2.24, 2.45) is 5.92 Å². The van der Waals surface area contributed by atoms with Gasteiger partial charge in [-0.1, -0.05) is 19.8 Å². The average molecular weight is 385 g/mol. The molecule has 0 radical (unpaired) electrons. The van der Waals surface area contributed by atoms with E-state index >= 15 is 0 Å². The molecule has 3 atom stereocenters. The van der Waals surface area contributed by atoms with Gasteiger partial charge in [0.25, 0.3) is 5.91 Å². The van der Waals surface area contributed by atoms with Crippen molar-refractivity contribution >= 4 is 29.2 Å². The highest BCUT2D eigenvalue weighted by molar-refractivity contribution is 6.05. The zero-order valence-electron chi connectivity index (χ0n) is 16.2. The lowest BCUT2D eigenvalue weighted by Gasteiger charge is -2.33. The first-order chi connectivity index (χ1) is 13.5. The van der Waals surface area contributed by atoms with Crippen LogP contribution in [0.3, 0.4) is 0 Å². The zero-order valence-corrected chi connectivity index (χ0v) is 16.2. The Morgan fingerprint density at radius 2 is 2.04 bits per heavy atom. The molecule has 2 aliphatic heterocycles. The van der Waals surface area contributed by atoms with Gasteiger partial charge in [-0.2, -0.15) is 0 Å². The van der Waals surface area contributed by atoms with Crippen LogP contribution < -0.4 is 15.5 Å². The van der Waals surface area contributed by atoms with Gasteiger partial charge < -0.3 is 20.3 Å². The van der Waals surface area contributed by atoms with Crippen LogP contribution in [0.2, 0.25) is 0 Å². The van der Waals surface area contributed by atoms with E-state index < -0.39 is 5.97 Å². The molecule has 7 nitrogen and oxygen atoms in total. The van der Waals surface area contributed by atoms with Gasteiger partial charge in [-0.05, 0) is 49.8 Å². The second-order valence-electron chi connectivity index (χ2n) is 8.08. The number of amides is 2. The average Bonchev–Trinajstić information content (AvgIpc) is 3.18. The molecule has 4 rings (SSSR count). The number of hydrogen-bond donors (Lipinski definition) is 2. The minimum Gasteiger partial charge on any atom is -0.452 e. The smallest absolute Gasteiger partial charge is 0.338 e. The summed E-state index contributed by atoms with van der Waals surface area (Å²) in [5, 5.41) is 5.86. The van der Waals surface area contributed by atoms with Gasteiger partial charge in [0.05, 0.1) is 16.9 Å². The Kier molecular flexibility index (Phi) is 5.24. The van der Waals surface area contributed by atoms with E-state index in [1.807, 2.05) is 6.07 Å². The highest BCUT2D eigenvalue weighted by Crippen LogP contribution is 2.37. The highest BCUT2D eigenvalue weighted by Gasteiger charge is 2.36. The summed E-state index contributed by atoms with van der Waals surface area (Å²) in [4.78, 5) is 38.8. The Balaban J connectivity index is 1.36. The number of carbonyl (C=O) groups is 3. The Morgan fingerprint density at radius 3 is 2.86 bits per heavy atom. The van der Waals surface area contributed by atoms with E-state index in [0.29, 0.717) is 17.2 Å². The van der Waals surface area contributed by atoms with Gasteiger partial charge in [-0.25, -0.2) is 4.79 Å². The van der Waals surface area contributed by atoms with Crippen LogP contribution in [0.1, 0.15) is 55.8 Å². The molecule has 150 valence electrons. The molecule has 0 unspecified atom stereocenters. The number of benzene rings is 1. The third-order valence-corrected chi connectivity index (χ3v) is 6.15. The minimum atomic E-state index is -0.563. The predicted octanol–water partition coefficient (Wildman–Crippen LogP) is 2.46. The van der Waals surface area contributed by atoms with E-state index in [4.69, 9.17) is 4.74 Å². The fourth-order valence-electron chi connectivity index (χ4n) is 4.55. The lowest BCUT2D eigenvalue weighted by molar-refractivity contribution is -0.125. The molecule has 0 aromatic heterocycles. The molecular formula is C21H27N3O4. The Hall–Kier alpha value is -2.57. The first-order valence-electron chi connectivity index (χ1n) is 10.2. The van der Waals surface area contributed by atoms with Crippen LogP contribution in [0.15, 0.2) is 18.2 Å². The van der Waals surface area contributed by atoms with Crippen molar-refractivity contribution in [3.05, 3.63) is 23.8 Å². The van der Waals surface area contributed by atoms with Crippen LogP contribution in [0.5, 0.6) is 0 Å². The largest absolute Gasteiger partial charge is 0.452 e. The number of nitrogens with one attached hydrogen (secondary N) is 2. The van der Waals surface area contributed by atoms with E-state index in [1.165, 1.54) is 6.42 Å². The topological polar surface area (TPSA) is 87.7 Å². The zero-order chi connectivity index (χ0) is 19.7. The first kappa shape index (κ1) is 18.8. The molecule has 1 saturated heterocycles. The van der Waals surface area contributed by atoms with E-state index in [1.54, 1.807) is 12.1 Å². The molecule has 2 N–H and O–H groups in total. The summed E-state index contributed by atoms with van der Waals surface area (Å²) in [6.45, 7) is 2.69. The molecule has 1 aliphatic carbocycles. The van der Waals surface area contributed by atoms with Crippen LogP contribution in [0.25, 0.3) is 0 Å². The quantitative estimate of drug-likeness (QED) is 0.778. The lowest BCUT2D eigenvalue weighted by atomic mass is 9.86. The monoisotopic (exact) mass is 385 g/mol. The van der Waals surface area contributed by atoms with E-state index in [2.05, 4.69) is 22.5 Å². The van der Waals surface area contributed by atoms with E-state index in [-0.39, 0.29) is 30.5 Å². The lowest BCUT2D eigenvalue weighted by Crippen LogP contribution is -2.44. The van der Waals surface area contributed by atoms with Crippen LogP contribution in [-0.4, -0.2) is 43.0 Å². The molecular weight excluding hydrogens is 358 g/mol. The number of anilines is 2. The second-order valence-corrected chi connectivity index (χ2v) is 8.08. The van der Waals surface area contributed by atoms with Gasteiger partial charge in [-0.15, -0.1) is 0 Å². The molecule has 1 aromatic rings. The van der Waals surface area contributed by atoms with Gasteiger partial charge in [0.15, 0.2) is 6.61 Å². The van der Waals surface area contributed by atoms with Crippen LogP contribution in [0.4, 0.5) is 11.4 Å². The Labute approximate surface area is 164 Å². The van der Waals surface area contributed by atoms with Gasteiger partial charge in [0, 0.05) is 12.6 Å². The minimum absolute atomic E-state index is 0.0310. The summed E-state index contributed by atoms with van der Waals surface area (Å²) in [7, 11) is 0. The van der Waals surface area contributed by atoms with Crippen molar-refractivity contribution in [2.45, 2.75) is 57.5 Å². The number of esters is 1. The van der Waals surface area contributed by atoms with E-state index in [0.717, 1.165) is 44.3 Å². The molecule has 1 aromatic carbocycles. The van der Waals surface area contributed by atoms with Crippen molar-refractivity contribution in [2.75, 3.05) is 23.4 Å². The van der Waals surface area contributed by atoms with Crippen molar-refractivity contribution in [1.82, 2.24) is 5.32 Å². The summed E-state index contributed by atoms with van der Waals surface area (Å²) in [6.07, 6.45) is 6.25. The standard InChI is InChI=1S/C21H27N3O4/c1-13-5-2-3-6-15(13)22-19(25)12-28-21(27)14-8-9-17-16(11-14)23-20(26)18-7-4-10-24(17)18/h8-9,11,13,15,18H,2-7,10,12H2,1H3,(H,22,25)(H,23,26)/t13-,15-,18-/m1/s1. The Morgan fingerprint density at radius 1 is 1.21 bits per heavy atom. The predicted molar refractivity (Wildman–Crippen MR) is 105 cm³/mol. The number of nitrogens with zero attached hydrogens (tertiary/aromatic N) is 1. The fourth-order valence-corrected chi connectivity index (χ4v) is 4.55. The molecule has 1 saturated carbocycles. The van der Waals surface area contributed by atoms with Gasteiger partial charge in [0.1, 0.15) is 6.04 Å². The fraction of sp³-hybridized carbons (Fsp3) is 0.571. The first-order valence-corrected chi connectivity index (χ1v) is 10.2. The van der Waals surface area contributed by atoms with Crippen molar-refractivity contribution in [1.29, 1.82) is 0 Å². The summed E-state index contributed by atoms with van der Waals surface area (Å²) in [6, 6.07) is 5.21. The van der Waals surface area contributed by atoms with Crippen LogP contribution in [0, 0.1) is 5.92 Å². The molecule has 0 bridgehead atoms. The summed E-state index contributed by atoms with van der Waals surface area (Å²) < 4.78 is 5.19. The molecule has 7 heteroatoms. The van der Waals surface area contributed by atoms with Crippen molar-refractivity contribution in [3.63, 3.8) is 0 Å². The molecule has 28 heavy (non-hydrogen) atoms. The number of ether oxygens (including phenoxy) is 1.